The third kappa shape index (κ3) is 3.85. The Balaban J connectivity index is 1.41. The molecule has 0 aliphatic carbocycles. The zero-order valence-electron chi connectivity index (χ0n) is 20.7. The van der Waals surface area contributed by atoms with Crippen molar-refractivity contribution in [3.63, 3.8) is 0 Å². The van der Waals surface area contributed by atoms with E-state index in [9.17, 15) is 0 Å². The Kier molecular flexibility index (Phi) is 5.83. The third-order valence-corrected chi connectivity index (χ3v) is 14.4. The number of aromatic nitrogens is 1. The quantitative estimate of drug-likeness (QED) is 0.121. The molecule has 0 spiro atoms. The van der Waals surface area contributed by atoms with E-state index in [0.717, 1.165) is 5.52 Å². The van der Waals surface area contributed by atoms with Crippen molar-refractivity contribution in [3.05, 3.63) is 146 Å². The van der Waals surface area contributed by atoms with E-state index in [1.165, 1.54) is 54.0 Å². The molecule has 180 valence electrons. The minimum atomic E-state index is -1.97. The van der Waals surface area contributed by atoms with E-state index in [0.29, 0.717) is 0 Å². The number of fused-ring (bicyclic) bond motifs is 4. The molecule has 0 fully saturated rings. The van der Waals surface area contributed by atoms with Gasteiger partial charge in [-0.25, -0.2) is 0 Å². The SMILES string of the molecule is [Se]=P(c1ccccc1)(c1ccc(-c2cc3ccccc3c3ncccc23)cc1)c1ccc2ccccc2c1. The summed E-state index contributed by atoms with van der Waals surface area (Å²) in [5.74, 6) is 0. The molecular formula is C35H24NPSe. The van der Waals surface area contributed by atoms with Gasteiger partial charge in [0.25, 0.3) is 0 Å². The number of rotatable bonds is 4. The zero-order chi connectivity index (χ0) is 25.5. The van der Waals surface area contributed by atoms with Gasteiger partial charge in [-0.3, -0.25) is 0 Å². The van der Waals surface area contributed by atoms with E-state index < -0.39 is 5.51 Å². The van der Waals surface area contributed by atoms with Crippen molar-refractivity contribution < 1.29 is 0 Å². The Hall–Kier alpha value is -3.80. The van der Waals surface area contributed by atoms with Gasteiger partial charge in [-0.1, -0.05) is 0 Å². The predicted molar refractivity (Wildman–Crippen MR) is 167 cm³/mol. The fourth-order valence-electron chi connectivity index (χ4n) is 5.46. The van der Waals surface area contributed by atoms with E-state index in [4.69, 9.17) is 4.98 Å². The van der Waals surface area contributed by atoms with Gasteiger partial charge in [0.1, 0.15) is 0 Å². The van der Waals surface area contributed by atoms with Gasteiger partial charge in [0.2, 0.25) is 0 Å². The molecule has 0 amide bonds. The maximum absolute atomic E-state index is 4.76. The first kappa shape index (κ1) is 23.3. The van der Waals surface area contributed by atoms with Crippen LogP contribution >= 0.6 is 5.51 Å². The van der Waals surface area contributed by atoms with Gasteiger partial charge in [-0.2, -0.15) is 0 Å². The molecule has 1 atom stereocenters. The fraction of sp³-hybridized carbons (Fsp3) is 0. The number of hydrogen-bond acceptors (Lipinski definition) is 1. The minimum absolute atomic E-state index is 1.05. The van der Waals surface area contributed by atoms with E-state index in [1.807, 2.05) is 12.3 Å². The summed E-state index contributed by atoms with van der Waals surface area (Å²) in [5.41, 5.74) is 1.50. The first-order chi connectivity index (χ1) is 18.7. The topological polar surface area (TPSA) is 12.9 Å². The molecule has 0 saturated heterocycles. The van der Waals surface area contributed by atoms with Crippen LogP contribution in [0.4, 0.5) is 0 Å². The zero-order valence-corrected chi connectivity index (χ0v) is 23.3. The number of benzene rings is 6. The van der Waals surface area contributed by atoms with Crippen molar-refractivity contribution in [2.24, 2.45) is 0 Å². The molecule has 7 aromatic rings. The summed E-state index contributed by atoms with van der Waals surface area (Å²) in [5, 5.41) is 10.1. The Labute approximate surface area is 230 Å². The van der Waals surface area contributed by atoms with Crippen LogP contribution in [0.25, 0.3) is 43.6 Å². The fourth-order valence-corrected chi connectivity index (χ4v) is 10.4. The van der Waals surface area contributed by atoms with Crippen molar-refractivity contribution in [2.75, 3.05) is 0 Å². The van der Waals surface area contributed by atoms with Gasteiger partial charge in [0.05, 0.1) is 0 Å². The normalized spacial score (nSPS) is 13.1. The second-order valence-corrected chi connectivity index (χ2v) is 15.8. The van der Waals surface area contributed by atoms with Crippen LogP contribution in [0, 0.1) is 0 Å². The van der Waals surface area contributed by atoms with Gasteiger partial charge in [-0.05, 0) is 0 Å². The van der Waals surface area contributed by atoms with Crippen LogP contribution in [0.15, 0.2) is 146 Å². The van der Waals surface area contributed by atoms with Crippen LogP contribution < -0.4 is 15.9 Å². The third-order valence-electron chi connectivity index (χ3n) is 7.37. The molecule has 3 heteroatoms. The van der Waals surface area contributed by atoms with Crippen LogP contribution in [0.1, 0.15) is 0 Å². The van der Waals surface area contributed by atoms with Crippen LogP contribution in [-0.4, -0.2) is 20.1 Å². The van der Waals surface area contributed by atoms with Crippen molar-refractivity contribution in [3.8, 4) is 11.1 Å². The summed E-state index contributed by atoms with van der Waals surface area (Å²) in [6, 6.07) is 50.6. The van der Waals surface area contributed by atoms with Crippen LogP contribution in [-0.2, 0) is 0 Å². The summed E-state index contributed by atoms with van der Waals surface area (Å²) >= 11 is 3.72. The molecule has 0 aliphatic heterocycles. The van der Waals surface area contributed by atoms with Crippen LogP contribution in [0.3, 0.4) is 0 Å². The van der Waals surface area contributed by atoms with Crippen LogP contribution in [0.5, 0.6) is 0 Å². The number of pyridine rings is 1. The molecule has 0 aliphatic rings. The Morgan fingerprint density at radius 3 is 1.92 bits per heavy atom. The first-order valence-electron chi connectivity index (χ1n) is 12.7. The van der Waals surface area contributed by atoms with E-state index in [2.05, 4.69) is 149 Å². The molecule has 0 radical (unpaired) electrons. The molecule has 7 rings (SSSR count). The van der Waals surface area contributed by atoms with Crippen molar-refractivity contribution in [1.82, 2.24) is 4.98 Å². The van der Waals surface area contributed by atoms with E-state index >= 15 is 0 Å². The summed E-state index contributed by atoms with van der Waals surface area (Å²) in [4.78, 5) is 4.76. The Morgan fingerprint density at radius 1 is 0.474 bits per heavy atom. The summed E-state index contributed by atoms with van der Waals surface area (Å²) in [6.45, 7) is 0. The Bertz CT molecular complexity index is 2000. The van der Waals surface area contributed by atoms with Gasteiger partial charge < -0.3 is 0 Å². The average molecular weight is 569 g/mol. The van der Waals surface area contributed by atoms with Crippen molar-refractivity contribution in [2.45, 2.75) is 0 Å². The molecular weight excluding hydrogens is 544 g/mol. The second-order valence-electron chi connectivity index (χ2n) is 9.57. The molecule has 0 bridgehead atoms. The molecule has 1 heterocycles. The van der Waals surface area contributed by atoms with E-state index in [1.54, 1.807) is 0 Å². The van der Waals surface area contributed by atoms with E-state index in [-0.39, 0.29) is 0 Å². The van der Waals surface area contributed by atoms with Gasteiger partial charge in [0.15, 0.2) is 0 Å². The maximum atomic E-state index is 4.76. The molecule has 1 nitrogen and oxygen atoms in total. The first-order valence-corrected chi connectivity index (χ1v) is 16.7. The van der Waals surface area contributed by atoms with Gasteiger partial charge in [-0.15, -0.1) is 0 Å². The second kappa shape index (κ2) is 9.50. The molecule has 0 saturated carbocycles. The molecule has 0 N–H and O–H groups in total. The average Bonchev–Trinajstić information content (AvgIpc) is 3.00. The van der Waals surface area contributed by atoms with Gasteiger partial charge >= 0.3 is 231 Å². The molecule has 6 aromatic carbocycles. The van der Waals surface area contributed by atoms with Crippen molar-refractivity contribution in [1.29, 1.82) is 0 Å². The van der Waals surface area contributed by atoms with Gasteiger partial charge in [0, 0.05) is 0 Å². The van der Waals surface area contributed by atoms with Crippen molar-refractivity contribution >= 4 is 69.0 Å². The molecule has 1 aromatic heterocycles. The standard InChI is InChI=1S/C35H24NPSe/c38-37(29-12-2-1-3-13-29,31-21-16-25-9-4-5-10-27(25)23-31)30-19-17-26(18-20-30)34-24-28-11-6-7-14-32(28)35-33(34)15-8-22-36-35/h1-24H. The summed E-state index contributed by atoms with van der Waals surface area (Å²) in [6.07, 6.45) is 1.89. The molecule has 38 heavy (non-hydrogen) atoms. The summed E-state index contributed by atoms with van der Waals surface area (Å²) < 4.78 is 0. The number of nitrogens with zero attached hydrogens (tertiary/aromatic N) is 1. The Morgan fingerprint density at radius 2 is 1.11 bits per heavy atom. The van der Waals surface area contributed by atoms with Crippen LogP contribution in [0.2, 0.25) is 0 Å². The number of hydrogen-bond donors (Lipinski definition) is 0. The summed E-state index contributed by atoms with van der Waals surface area (Å²) in [7, 11) is 0. The monoisotopic (exact) mass is 569 g/mol. The predicted octanol–water partition coefficient (Wildman–Crippen LogP) is 7.59. The molecule has 1 unspecified atom stereocenters.